The summed E-state index contributed by atoms with van der Waals surface area (Å²) in [5, 5.41) is 18.9. The molecule has 1 heterocycles. The quantitative estimate of drug-likeness (QED) is 0.576. The first-order chi connectivity index (χ1) is 4.68. The van der Waals surface area contributed by atoms with Crippen LogP contribution in [0.4, 0.5) is 0 Å². The zero-order chi connectivity index (χ0) is 7.56. The Morgan fingerprint density at radius 2 is 2.50 bits per heavy atom. The van der Waals surface area contributed by atoms with Gasteiger partial charge in [-0.1, -0.05) is 0 Å². The van der Waals surface area contributed by atoms with E-state index in [0.29, 0.717) is 5.82 Å². The molecular weight excluding hydrogens is 136 g/mol. The minimum Gasteiger partial charge on any atom is -0.480 e. The van der Waals surface area contributed by atoms with Crippen molar-refractivity contribution in [2.75, 3.05) is 0 Å². The second kappa shape index (κ2) is 2.42. The lowest BCUT2D eigenvalue weighted by atomic mass is 10.7. The predicted molar refractivity (Wildman–Crippen MR) is 30.2 cm³/mol. The Kier molecular flexibility index (Phi) is 1.61. The number of carboxylic acid groups (broad SMARTS) is 1. The molecule has 0 saturated heterocycles. The van der Waals surface area contributed by atoms with Crippen LogP contribution in [0.5, 0.6) is 0 Å². The SMILES string of the molecule is Cc1nnn(CC(=O)O)n1. The first-order valence-electron chi connectivity index (χ1n) is 2.64. The van der Waals surface area contributed by atoms with Crippen molar-refractivity contribution in [1.29, 1.82) is 0 Å². The maximum Gasteiger partial charge on any atom is 0.327 e. The van der Waals surface area contributed by atoms with Crippen molar-refractivity contribution in [1.82, 2.24) is 20.2 Å². The number of aromatic nitrogens is 4. The largest absolute Gasteiger partial charge is 0.480 e. The van der Waals surface area contributed by atoms with E-state index in [9.17, 15) is 4.79 Å². The van der Waals surface area contributed by atoms with Gasteiger partial charge in [0.15, 0.2) is 12.4 Å². The van der Waals surface area contributed by atoms with Gasteiger partial charge in [-0.2, -0.15) is 4.80 Å². The van der Waals surface area contributed by atoms with Crippen LogP contribution in [0.2, 0.25) is 0 Å². The molecule has 6 heteroatoms. The zero-order valence-electron chi connectivity index (χ0n) is 5.35. The highest BCUT2D eigenvalue weighted by atomic mass is 16.4. The Morgan fingerprint density at radius 3 is 2.90 bits per heavy atom. The van der Waals surface area contributed by atoms with Gasteiger partial charge in [0, 0.05) is 0 Å². The minimum absolute atomic E-state index is 0.235. The molecule has 1 aromatic heterocycles. The molecule has 0 aliphatic carbocycles. The number of tetrazole rings is 1. The number of hydrogen-bond donors (Lipinski definition) is 1. The van der Waals surface area contributed by atoms with Crippen LogP contribution >= 0.6 is 0 Å². The molecule has 6 nitrogen and oxygen atoms in total. The molecule has 54 valence electrons. The van der Waals surface area contributed by atoms with Crippen LogP contribution in [0.3, 0.4) is 0 Å². The second-order valence-corrected chi connectivity index (χ2v) is 1.76. The summed E-state index contributed by atoms with van der Waals surface area (Å²) in [7, 11) is 0. The van der Waals surface area contributed by atoms with Crippen LogP contribution in [0, 0.1) is 6.92 Å². The fourth-order valence-corrected chi connectivity index (χ4v) is 0.511. The average molecular weight is 142 g/mol. The number of rotatable bonds is 2. The van der Waals surface area contributed by atoms with Gasteiger partial charge in [0.25, 0.3) is 0 Å². The molecular formula is C4H6N4O2. The van der Waals surface area contributed by atoms with E-state index in [0.717, 1.165) is 4.80 Å². The molecule has 0 aromatic carbocycles. The Bertz CT molecular complexity index is 243. The molecule has 0 fully saturated rings. The lowest BCUT2D eigenvalue weighted by molar-refractivity contribution is -0.138. The molecule has 0 atom stereocenters. The van der Waals surface area contributed by atoms with Gasteiger partial charge in [-0.15, -0.1) is 10.2 Å². The summed E-state index contributed by atoms with van der Waals surface area (Å²) in [6.45, 7) is 1.41. The molecule has 0 bridgehead atoms. The molecule has 1 rings (SSSR count). The number of hydrogen-bond acceptors (Lipinski definition) is 4. The molecule has 0 aliphatic heterocycles. The highest BCUT2D eigenvalue weighted by Crippen LogP contribution is 1.80. The van der Waals surface area contributed by atoms with E-state index >= 15 is 0 Å². The lowest BCUT2D eigenvalue weighted by Crippen LogP contribution is -2.11. The number of aliphatic carboxylic acids is 1. The average Bonchev–Trinajstić information content (AvgIpc) is 2.13. The smallest absolute Gasteiger partial charge is 0.327 e. The summed E-state index contributed by atoms with van der Waals surface area (Å²) in [6.07, 6.45) is 0. The Balaban J connectivity index is 2.67. The van der Waals surface area contributed by atoms with Crippen LogP contribution in [0.15, 0.2) is 0 Å². The summed E-state index contributed by atoms with van der Waals surface area (Å²) < 4.78 is 0. The standard InChI is InChI=1S/C4H6N4O2/c1-3-5-7-8(6-3)2-4(9)10/h2H2,1H3,(H,9,10). The topological polar surface area (TPSA) is 80.9 Å². The summed E-state index contributed by atoms with van der Waals surface area (Å²) >= 11 is 0. The van der Waals surface area contributed by atoms with Gasteiger partial charge in [0.05, 0.1) is 0 Å². The fraction of sp³-hybridized carbons (Fsp3) is 0.500. The second-order valence-electron chi connectivity index (χ2n) is 1.76. The van der Waals surface area contributed by atoms with Crippen LogP contribution < -0.4 is 0 Å². The first kappa shape index (κ1) is 6.66. The molecule has 10 heavy (non-hydrogen) atoms. The van der Waals surface area contributed by atoms with Gasteiger partial charge < -0.3 is 5.11 Å². The predicted octanol–water partition coefficient (Wildman–Crippen LogP) is -0.934. The fourth-order valence-electron chi connectivity index (χ4n) is 0.511. The highest BCUT2D eigenvalue weighted by molar-refractivity contribution is 5.66. The van der Waals surface area contributed by atoms with Gasteiger partial charge in [-0.3, -0.25) is 4.79 Å². The lowest BCUT2D eigenvalue weighted by Gasteiger charge is -1.88. The van der Waals surface area contributed by atoms with Gasteiger partial charge in [0.1, 0.15) is 0 Å². The van der Waals surface area contributed by atoms with Crippen molar-refractivity contribution in [2.45, 2.75) is 13.5 Å². The molecule has 1 aromatic rings. The Morgan fingerprint density at radius 1 is 1.80 bits per heavy atom. The number of carbonyl (C=O) groups is 1. The number of aryl methyl sites for hydroxylation is 1. The van der Waals surface area contributed by atoms with Crippen molar-refractivity contribution in [3.05, 3.63) is 5.82 Å². The Labute approximate surface area is 56.5 Å². The van der Waals surface area contributed by atoms with Crippen molar-refractivity contribution in [3.63, 3.8) is 0 Å². The summed E-state index contributed by atoms with van der Waals surface area (Å²) in [5.74, 6) is -0.501. The highest BCUT2D eigenvalue weighted by Gasteiger charge is 2.01. The van der Waals surface area contributed by atoms with Gasteiger partial charge in [0.2, 0.25) is 0 Å². The van der Waals surface area contributed by atoms with Crippen LogP contribution in [-0.2, 0) is 11.3 Å². The zero-order valence-corrected chi connectivity index (χ0v) is 5.35. The summed E-state index contributed by atoms with van der Waals surface area (Å²) in [6, 6.07) is 0. The van der Waals surface area contributed by atoms with Crippen molar-refractivity contribution in [3.8, 4) is 0 Å². The molecule has 1 N–H and O–H groups in total. The van der Waals surface area contributed by atoms with Crippen LogP contribution in [0.25, 0.3) is 0 Å². The summed E-state index contributed by atoms with van der Waals surface area (Å²) in [5.41, 5.74) is 0. The van der Waals surface area contributed by atoms with Gasteiger partial charge >= 0.3 is 5.97 Å². The van der Waals surface area contributed by atoms with Gasteiger partial charge in [-0.05, 0) is 12.1 Å². The maximum absolute atomic E-state index is 10.0. The number of carboxylic acids is 1. The monoisotopic (exact) mass is 142 g/mol. The molecule has 0 spiro atoms. The van der Waals surface area contributed by atoms with E-state index in [4.69, 9.17) is 5.11 Å². The van der Waals surface area contributed by atoms with E-state index in [1.807, 2.05) is 0 Å². The van der Waals surface area contributed by atoms with E-state index < -0.39 is 5.97 Å². The normalized spacial score (nSPS) is 9.70. The van der Waals surface area contributed by atoms with E-state index in [1.54, 1.807) is 6.92 Å². The van der Waals surface area contributed by atoms with E-state index in [1.165, 1.54) is 0 Å². The van der Waals surface area contributed by atoms with Gasteiger partial charge in [-0.25, -0.2) is 0 Å². The minimum atomic E-state index is -0.975. The van der Waals surface area contributed by atoms with Crippen molar-refractivity contribution in [2.24, 2.45) is 0 Å². The third kappa shape index (κ3) is 1.51. The molecule has 0 aliphatic rings. The summed E-state index contributed by atoms with van der Waals surface area (Å²) in [4.78, 5) is 11.1. The third-order valence-electron chi connectivity index (χ3n) is 0.830. The molecule has 0 unspecified atom stereocenters. The molecule has 0 saturated carbocycles. The van der Waals surface area contributed by atoms with Crippen molar-refractivity contribution < 1.29 is 9.90 Å². The van der Waals surface area contributed by atoms with E-state index in [-0.39, 0.29) is 6.54 Å². The first-order valence-corrected chi connectivity index (χ1v) is 2.64. The maximum atomic E-state index is 10.0. The number of nitrogens with zero attached hydrogens (tertiary/aromatic N) is 4. The third-order valence-corrected chi connectivity index (χ3v) is 0.830. The van der Waals surface area contributed by atoms with Crippen molar-refractivity contribution >= 4 is 5.97 Å². The van der Waals surface area contributed by atoms with Crippen LogP contribution in [0.1, 0.15) is 5.82 Å². The van der Waals surface area contributed by atoms with Crippen LogP contribution in [-0.4, -0.2) is 31.3 Å². The molecule has 0 amide bonds. The van der Waals surface area contributed by atoms with E-state index in [2.05, 4.69) is 15.4 Å². The molecule has 0 radical (unpaired) electrons. The Hall–Kier alpha value is -1.46.